The summed E-state index contributed by atoms with van der Waals surface area (Å²) in [6.45, 7) is 5.00. The second kappa shape index (κ2) is 5.33. The average molecular weight is 325 g/mol. The second-order valence-corrected chi connectivity index (χ2v) is 7.45. The third-order valence-corrected chi connectivity index (χ3v) is 6.20. The predicted molar refractivity (Wildman–Crippen MR) is 91.8 cm³/mol. The van der Waals surface area contributed by atoms with Crippen LogP contribution in [-0.4, -0.2) is 57.6 Å². The smallest absolute Gasteiger partial charge is 0.256 e. The quantitative estimate of drug-likeness (QED) is 0.914. The summed E-state index contributed by atoms with van der Waals surface area (Å²) in [5.74, 6) is 0.791. The number of nitrogens with zero attached hydrogens (tertiary/aromatic N) is 3. The number of hydrogen-bond donors (Lipinski definition) is 1. The van der Waals surface area contributed by atoms with Crippen molar-refractivity contribution < 1.29 is 9.90 Å². The number of aliphatic hydroxyl groups is 1. The first-order valence-electron chi connectivity index (χ1n) is 9.00. The van der Waals surface area contributed by atoms with Gasteiger partial charge >= 0.3 is 0 Å². The Morgan fingerprint density at radius 3 is 2.67 bits per heavy atom. The van der Waals surface area contributed by atoms with Gasteiger partial charge in [-0.05, 0) is 55.6 Å². The number of benzene rings is 1. The molecule has 24 heavy (non-hydrogen) atoms. The van der Waals surface area contributed by atoms with Gasteiger partial charge in [-0.15, -0.1) is 0 Å². The molecular weight excluding hydrogens is 302 g/mol. The summed E-state index contributed by atoms with van der Waals surface area (Å²) in [5.41, 5.74) is 2.61. The van der Waals surface area contributed by atoms with E-state index in [9.17, 15) is 9.90 Å². The molecule has 4 aliphatic heterocycles. The van der Waals surface area contributed by atoms with Crippen LogP contribution in [0.1, 0.15) is 28.8 Å². The van der Waals surface area contributed by atoms with Crippen molar-refractivity contribution in [2.75, 3.05) is 26.2 Å². The summed E-state index contributed by atoms with van der Waals surface area (Å²) in [7, 11) is 0. The normalized spacial score (nSPS) is 29.3. The molecule has 3 fully saturated rings. The van der Waals surface area contributed by atoms with Gasteiger partial charge in [0.1, 0.15) is 0 Å². The van der Waals surface area contributed by atoms with E-state index in [0.717, 1.165) is 41.7 Å². The van der Waals surface area contributed by atoms with Crippen molar-refractivity contribution in [3.8, 4) is 0 Å². The van der Waals surface area contributed by atoms with E-state index < -0.39 is 0 Å². The van der Waals surface area contributed by atoms with Crippen molar-refractivity contribution in [2.24, 2.45) is 5.92 Å². The fourth-order valence-electron chi connectivity index (χ4n) is 4.93. The van der Waals surface area contributed by atoms with Crippen molar-refractivity contribution in [1.29, 1.82) is 0 Å². The number of rotatable bonds is 2. The van der Waals surface area contributed by atoms with Gasteiger partial charge in [0.15, 0.2) is 0 Å². The topological polar surface area (TPSA) is 48.7 Å². The average Bonchev–Trinajstić information content (AvgIpc) is 2.98. The van der Waals surface area contributed by atoms with Crippen molar-refractivity contribution in [3.63, 3.8) is 0 Å². The molecule has 1 atom stereocenters. The Bertz CT molecular complexity index is 804. The molecule has 6 rings (SSSR count). The number of aromatic nitrogens is 1. The van der Waals surface area contributed by atoms with E-state index in [1.807, 2.05) is 12.1 Å². The van der Waals surface area contributed by atoms with Crippen molar-refractivity contribution >= 4 is 16.8 Å². The lowest BCUT2D eigenvalue weighted by Crippen LogP contribution is -2.58. The Balaban J connectivity index is 1.58. The van der Waals surface area contributed by atoms with Crippen LogP contribution in [-0.2, 0) is 13.2 Å². The van der Waals surface area contributed by atoms with Crippen molar-refractivity contribution in [3.05, 3.63) is 35.5 Å². The van der Waals surface area contributed by atoms with Crippen LogP contribution in [0.25, 0.3) is 10.9 Å². The Morgan fingerprint density at radius 2 is 1.96 bits per heavy atom. The van der Waals surface area contributed by atoms with Gasteiger partial charge in [-0.1, -0.05) is 0 Å². The summed E-state index contributed by atoms with van der Waals surface area (Å²) < 4.78 is 2.20. The first-order chi connectivity index (χ1) is 11.7. The first-order valence-corrected chi connectivity index (χ1v) is 9.00. The SMILES string of the molecule is O=C1c2cc(CO)cc3ccn(c23)CCN1C1CN2CCC1CC2. The number of aliphatic hydroxyl groups excluding tert-OH is 1. The minimum atomic E-state index is -0.0266. The van der Waals surface area contributed by atoms with Crippen LogP contribution in [0, 0.1) is 5.92 Å². The predicted octanol–water partition coefficient (Wildman–Crippen LogP) is 1.68. The molecular formula is C19H23N3O2. The third-order valence-electron chi connectivity index (χ3n) is 6.20. The molecule has 5 nitrogen and oxygen atoms in total. The van der Waals surface area contributed by atoms with Crippen LogP contribution in [0.3, 0.4) is 0 Å². The highest BCUT2D eigenvalue weighted by atomic mass is 16.3. The molecule has 1 unspecified atom stereocenters. The van der Waals surface area contributed by atoms with Gasteiger partial charge in [0.2, 0.25) is 0 Å². The van der Waals surface area contributed by atoms with E-state index in [1.165, 1.54) is 25.9 Å². The third kappa shape index (κ3) is 2.04. The molecule has 5 heterocycles. The molecule has 2 bridgehead atoms. The van der Waals surface area contributed by atoms with E-state index in [1.54, 1.807) is 0 Å². The molecule has 0 aliphatic carbocycles. The van der Waals surface area contributed by atoms with E-state index in [0.29, 0.717) is 12.0 Å². The number of hydrogen-bond acceptors (Lipinski definition) is 3. The first kappa shape index (κ1) is 14.5. The van der Waals surface area contributed by atoms with Gasteiger partial charge in [0.05, 0.1) is 17.7 Å². The molecule has 1 aromatic heterocycles. The van der Waals surface area contributed by atoms with Gasteiger partial charge in [-0.3, -0.25) is 4.79 Å². The lowest BCUT2D eigenvalue weighted by Gasteiger charge is -2.48. The zero-order valence-corrected chi connectivity index (χ0v) is 13.8. The molecule has 1 aromatic carbocycles. The Morgan fingerprint density at radius 1 is 1.12 bits per heavy atom. The summed E-state index contributed by atoms with van der Waals surface area (Å²) in [5, 5.41) is 10.6. The van der Waals surface area contributed by atoms with Crippen LogP contribution >= 0.6 is 0 Å². The van der Waals surface area contributed by atoms with Crippen LogP contribution in [0.4, 0.5) is 0 Å². The molecule has 126 valence electrons. The van der Waals surface area contributed by atoms with Crippen molar-refractivity contribution in [2.45, 2.75) is 32.0 Å². The summed E-state index contributed by atoms with van der Waals surface area (Å²) >= 11 is 0. The van der Waals surface area contributed by atoms with Gasteiger partial charge in [0.25, 0.3) is 5.91 Å². The van der Waals surface area contributed by atoms with Crippen LogP contribution < -0.4 is 0 Å². The highest BCUT2D eigenvalue weighted by Crippen LogP contribution is 2.34. The monoisotopic (exact) mass is 325 g/mol. The fraction of sp³-hybridized carbons (Fsp3) is 0.526. The molecule has 0 saturated carbocycles. The molecule has 2 aromatic rings. The lowest BCUT2D eigenvalue weighted by molar-refractivity contribution is 0.00726. The Kier molecular flexibility index (Phi) is 3.22. The Hall–Kier alpha value is -1.85. The maximum atomic E-state index is 13.4. The van der Waals surface area contributed by atoms with Crippen LogP contribution in [0.5, 0.6) is 0 Å². The molecule has 0 spiro atoms. The minimum absolute atomic E-state index is 0.0266. The minimum Gasteiger partial charge on any atom is -0.392 e. The number of piperidine rings is 3. The molecule has 3 saturated heterocycles. The number of fused-ring (bicyclic) bond motifs is 3. The standard InChI is InChI=1S/C19H23N3O2/c23-12-13-9-15-3-6-21-7-8-22(19(24)16(10-13)18(15)21)17-11-20-4-1-14(17)2-5-20/h3,6,9-10,14,17,23H,1-2,4-5,7-8,11-12H2. The van der Waals surface area contributed by atoms with Crippen molar-refractivity contribution in [1.82, 2.24) is 14.4 Å². The lowest BCUT2D eigenvalue weighted by atomic mass is 9.83. The van der Waals surface area contributed by atoms with E-state index >= 15 is 0 Å². The summed E-state index contributed by atoms with van der Waals surface area (Å²) in [4.78, 5) is 18.0. The highest BCUT2D eigenvalue weighted by Gasteiger charge is 2.40. The summed E-state index contributed by atoms with van der Waals surface area (Å²) in [6, 6.07) is 6.28. The number of amides is 1. The van der Waals surface area contributed by atoms with Gasteiger partial charge < -0.3 is 19.5 Å². The maximum absolute atomic E-state index is 13.4. The van der Waals surface area contributed by atoms with Crippen LogP contribution in [0.15, 0.2) is 24.4 Å². The molecule has 4 aliphatic rings. The van der Waals surface area contributed by atoms with Gasteiger partial charge in [-0.25, -0.2) is 0 Å². The fourth-order valence-corrected chi connectivity index (χ4v) is 4.93. The summed E-state index contributed by atoms with van der Waals surface area (Å²) in [6.07, 6.45) is 4.50. The zero-order chi connectivity index (χ0) is 16.3. The van der Waals surface area contributed by atoms with E-state index in [2.05, 4.69) is 26.6 Å². The van der Waals surface area contributed by atoms with E-state index in [-0.39, 0.29) is 12.5 Å². The molecule has 1 N–H and O–H groups in total. The maximum Gasteiger partial charge on any atom is 0.256 e. The molecule has 0 radical (unpaired) electrons. The van der Waals surface area contributed by atoms with Gasteiger partial charge in [-0.2, -0.15) is 0 Å². The second-order valence-electron chi connectivity index (χ2n) is 7.45. The Labute approximate surface area is 141 Å². The molecule has 1 amide bonds. The largest absolute Gasteiger partial charge is 0.392 e. The molecule has 5 heteroatoms. The number of carbonyl (C=O) groups is 1. The van der Waals surface area contributed by atoms with Crippen LogP contribution in [0.2, 0.25) is 0 Å². The van der Waals surface area contributed by atoms with E-state index in [4.69, 9.17) is 0 Å². The highest BCUT2D eigenvalue weighted by molar-refractivity contribution is 6.07. The zero-order valence-electron chi connectivity index (χ0n) is 13.8. The van der Waals surface area contributed by atoms with Gasteiger partial charge in [0, 0.05) is 37.3 Å². The number of carbonyl (C=O) groups excluding carboxylic acids is 1.